The molecule has 1 amide bonds. The topological polar surface area (TPSA) is 46.3 Å². The Morgan fingerprint density at radius 2 is 2.06 bits per heavy atom. The first-order valence-corrected chi connectivity index (χ1v) is 5.90. The van der Waals surface area contributed by atoms with Crippen LogP contribution in [0.2, 0.25) is 0 Å². The zero-order chi connectivity index (χ0) is 13.4. The van der Waals surface area contributed by atoms with E-state index in [0.29, 0.717) is 24.4 Å². The molecule has 0 radical (unpaired) electrons. The number of nitrogen functional groups attached to an aromatic ring is 1. The summed E-state index contributed by atoms with van der Waals surface area (Å²) >= 11 is 0. The van der Waals surface area contributed by atoms with Gasteiger partial charge in [0.15, 0.2) is 0 Å². The minimum atomic E-state index is -0.873. The molecular weight excluding hydrogens is 238 g/mol. The summed E-state index contributed by atoms with van der Waals surface area (Å²) in [4.78, 5) is 13.5. The zero-order valence-electron chi connectivity index (χ0n) is 10.4. The lowest BCUT2D eigenvalue weighted by molar-refractivity contribution is 0.0782. The van der Waals surface area contributed by atoms with Crippen molar-refractivity contribution in [1.29, 1.82) is 0 Å². The maximum atomic E-state index is 13.5. The summed E-state index contributed by atoms with van der Waals surface area (Å²) in [5.41, 5.74) is 4.96. The number of hydrogen-bond acceptors (Lipinski definition) is 2. The highest BCUT2D eigenvalue weighted by molar-refractivity contribution is 5.95. The molecule has 0 bridgehead atoms. The molecule has 1 aromatic rings. The molecule has 2 unspecified atom stereocenters. The van der Waals surface area contributed by atoms with Crippen molar-refractivity contribution in [1.82, 2.24) is 4.90 Å². The average molecular weight is 254 g/mol. The SMILES string of the molecule is CC1CC1CN(C)C(=O)c1cc(N)c(F)cc1F. The van der Waals surface area contributed by atoms with Crippen molar-refractivity contribution in [2.24, 2.45) is 11.8 Å². The van der Waals surface area contributed by atoms with Crippen LogP contribution in [0.15, 0.2) is 12.1 Å². The highest BCUT2D eigenvalue weighted by Crippen LogP contribution is 2.38. The lowest BCUT2D eigenvalue weighted by Crippen LogP contribution is -2.30. The third-order valence-electron chi connectivity index (χ3n) is 3.45. The second-order valence-electron chi connectivity index (χ2n) is 5.01. The lowest BCUT2D eigenvalue weighted by Gasteiger charge is -2.17. The molecule has 2 atom stereocenters. The highest BCUT2D eigenvalue weighted by atomic mass is 19.1. The Labute approximate surface area is 105 Å². The molecule has 0 saturated heterocycles. The quantitative estimate of drug-likeness (QED) is 0.841. The second-order valence-corrected chi connectivity index (χ2v) is 5.01. The smallest absolute Gasteiger partial charge is 0.256 e. The van der Waals surface area contributed by atoms with E-state index in [0.717, 1.165) is 12.5 Å². The van der Waals surface area contributed by atoms with Crippen molar-refractivity contribution < 1.29 is 13.6 Å². The number of carbonyl (C=O) groups excluding carboxylic acids is 1. The molecule has 0 heterocycles. The van der Waals surface area contributed by atoms with E-state index < -0.39 is 17.5 Å². The van der Waals surface area contributed by atoms with Crippen molar-refractivity contribution in [3.8, 4) is 0 Å². The van der Waals surface area contributed by atoms with Crippen LogP contribution < -0.4 is 5.73 Å². The summed E-state index contributed by atoms with van der Waals surface area (Å²) in [5, 5.41) is 0. The van der Waals surface area contributed by atoms with Gasteiger partial charge >= 0.3 is 0 Å². The first kappa shape index (κ1) is 12.8. The fourth-order valence-electron chi connectivity index (χ4n) is 2.02. The number of carbonyl (C=O) groups is 1. The van der Waals surface area contributed by atoms with Gasteiger partial charge in [-0.1, -0.05) is 6.92 Å². The summed E-state index contributed by atoms with van der Waals surface area (Å²) in [6, 6.07) is 1.70. The molecule has 1 aliphatic rings. The normalized spacial score (nSPS) is 21.8. The largest absolute Gasteiger partial charge is 0.396 e. The molecule has 1 fully saturated rings. The van der Waals surface area contributed by atoms with Crippen molar-refractivity contribution in [3.05, 3.63) is 29.3 Å². The molecule has 2 rings (SSSR count). The van der Waals surface area contributed by atoms with Gasteiger partial charge in [0.1, 0.15) is 11.6 Å². The fraction of sp³-hybridized carbons (Fsp3) is 0.462. The third kappa shape index (κ3) is 2.44. The predicted molar refractivity (Wildman–Crippen MR) is 65.0 cm³/mol. The number of hydrogen-bond donors (Lipinski definition) is 1. The monoisotopic (exact) mass is 254 g/mol. The van der Waals surface area contributed by atoms with Crippen LogP contribution >= 0.6 is 0 Å². The number of nitrogens with two attached hydrogens (primary N) is 1. The Morgan fingerprint density at radius 1 is 1.44 bits per heavy atom. The van der Waals surface area contributed by atoms with Crippen LogP contribution in [-0.2, 0) is 0 Å². The fourth-order valence-corrected chi connectivity index (χ4v) is 2.02. The van der Waals surface area contributed by atoms with Crippen molar-refractivity contribution in [3.63, 3.8) is 0 Å². The van der Waals surface area contributed by atoms with Gasteiger partial charge in [-0.25, -0.2) is 8.78 Å². The van der Waals surface area contributed by atoms with Gasteiger partial charge in [-0.3, -0.25) is 4.79 Å². The van der Waals surface area contributed by atoms with Gasteiger partial charge in [0.2, 0.25) is 0 Å². The van der Waals surface area contributed by atoms with Gasteiger partial charge in [0.25, 0.3) is 5.91 Å². The van der Waals surface area contributed by atoms with Gasteiger partial charge in [0, 0.05) is 19.7 Å². The summed E-state index contributed by atoms with van der Waals surface area (Å²) in [5.74, 6) is -1.08. The molecule has 5 heteroatoms. The van der Waals surface area contributed by atoms with Crippen LogP contribution in [0.3, 0.4) is 0 Å². The summed E-state index contributed by atoms with van der Waals surface area (Å²) < 4.78 is 26.5. The number of nitrogens with zero attached hydrogens (tertiary/aromatic N) is 1. The van der Waals surface area contributed by atoms with E-state index in [9.17, 15) is 13.6 Å². The number of amides is 1. The van der Waals surface area contributed by atoms with Gasteiger partial charge in [-0.2, -0.15) is 0 Å². The number of anilines is 1. The maximum absolute atomic E-state index is 13.5. The summed E-state index contributed by atoms with van der Waals surface area (Å²) in [7, 11) is 1.62. The Hall–Kier alpha value is -1.65. The summed E-state index contributed by atoms with van der Waals surface area (Å²) in [6.07, 6.45) is 1.09. The molecule has 1 saturated carbocycles. The molecule has 18 heavy (non-hydrogen) atoms. The number of halogens is 2. The summed E-state index contributed by atoms with van der Waals surface area (Å²) in [6.45, 7) is 2.70. The predicted octanol–water partition coefficient (Wildman–Crippen LogP) is 2.28. The van der Waals surface area contributed by atoms with Crippen molar-refractivity contribution in [2.45, 2.75) is 13.3 Å². The van der Waals surface area contributed by atoms with Crippen molar-refractivity contribution in [2.75, 3.05) is 19.3 Å². The molecule has 2 N–H and O–H groups in total. The number of benzene rings is 1. The zero-order valence-corrected chi connectivity index (χ0v) is 10.4. The van der Waals surface area contributed by atoms with Crippen LogP contribution in [0.1, 0.15) is 23.7 Å². The molecule has 0 spiro atoms. The number of rotatable bonds is 3. The van der Waals surface area contributed by atoms with Gasteiger partial charge < -0.3 is 10.6 Å². The standard InChI is InChI=1S/C13H16F2N2O/c1-7-3-8(7)6-17(2)13(18)9-4-12(16)11(15)5-10(9)14/h4-5,7-8H,3,6,16H2,1-2H3. The van der Waals surface area contributed by atoms with E-state index >= 15 is 0 Å². The van der Waals surface area contributed by atoms with Crippen molar-refractivity contribution >= 4 is 11.6 Å². The Kier molecular flexibility index (Phi) is 3.24. The Bertz CT molecular complexity index is 490. The van der Waals surface area contributed by atoms with E-state index in [1.54, 1.807) is 7.05 Å². The van der Waals surface area contributed by atoms with Crippen LogP contribution in [0, 0.1) is 23.5 Å². The molecule has 3 nitrogen and oxygen atoms in total. The van der Waals surface area contributed by atoms with Gasteiger partial charge in [-0.15, -0.1) is 0 Å². The van der Waals surface area contributed by atoms with Crippen LogP contribution in [0.5, 0.6) is 0 Å². The minimum Gasteiger partial charge on any atom is -0.396 e. The van der Waals surface area contributed by atoms with E-state index in [2.05, 4.69) is 6.92 Å². The van der Waals surface area contributed by atoms with Crippen LogP contribution in [0.25, 0.3) is 0 Å². The Morgan fingerprint density at radius 3 is 2.61 bits per heavy atom. The van der Waals surface area contributed by atoms with E-state index in [1.807, 2.05) is 0 Å². The van der Waals surface area contributed by atoms with E-state index in [4.69, 9.17) is 5.73 Å². The van der Waals surface area contributed by atoms with E-state index in [1.165, 1.54) is 4.90 Å². The van der Waals surface area contributed by atoms with Gasteiger partial charge in [0.05, 0.1) is 11.3 Å². The first-order valence-electron chi connectivity index (χ1n) is 5.90. The molecule has 1 aromatic carbocycles. The molecular formula is C13H16F2N2O. The second kappa shape index (κ2) is 4.55. The van der Waals surface area contributed by atoms with Crippen LogP contribution in [0.4, 0.5) is 14.5 Å². The van der Waals surface area contributed by atoms with Crippen LogP contribution in [-0.4, -0.2) is 24.4 Å². The molecule has 98 valence electrons. The highest BCUT2D eigenvalue weighted by Gasteiger charge is 2.34. The van der Waals surface area contributed by atoms with Gasteiger partial charge in [-0.05, 0) is 24.3 Å². The maximum Gasteiger partial charge on any atom is 0.256 e. The minimum absolute atomic E-state index is 0.176. The Balaban J connectivity index is 2.15. The molecule has 0 aliphatic heterocycles. The lowest BCUT2D eigenvalue weighted by atomic mass is 10.1. The third-order valence-corrected chi connectivity index (χ3v) is 3.45. The van der Waals surface area contributed by atoms with E-state index in [-0.39, 0.29) is 11.3 Å². The average Bonchev–Trinajstić information content (AvgIpc) is 2.98. The molecule has 0 aromatic heterocycles. The first-order chi connectivity index (χ1) is 8.40. The molecule has 1 aliphatic carbocycles.